The fourth-order valence-electron chi connectivity index (χ4n) is 5.37. The second kappa shape index (κ2) is 7.52. The Hall–Kier alpha value is -3.51. The third-order valence-electron chi connectivity index (χ3n) is 6.99. The predicted octanol–water partition coefficient (Wildman–Crippen LogP) is 3.88. The summed E-state index contributed by atoms with van der Waals surface area (Å²) in [6.07, 6.45) is 2.97. The number of fused-ring (bicyclic) bond motifs is 4. The third-order valence-corrected chi connectivity index (χ3v) is 6.99. The second-order valence-corrected chi connectivity index (χ2v) is 9.00. The average Bonchev–Trinajstić information content (AvgIpc) is 3.39. The Morgan fingerprint density at radius 2 is 1.97 bits per heavy atom. The molecule has 0 saturated carbocycles. The van der Waals surface area contributed by atoms with Gasteiger partial charge >= 0.3 is 0 Å². The number of anilines is 1. The van der Waals surface area contributed by atoms with Gasteiger partial charge in [0.05, 0.1) is 35.7 Å². The zero-order chi connectivity index (χ0) is 22.7. The van der Waals surface area contributed by atoms with Gasteiger partial charge in [-0.15, -0.1) is 0 Å². The van der Waals surface area contributed by atoms with E-state index >= 15 is 4.39 Å². The van der Waals surface area contributed by atoms with Gasteiger partial charge in [-0.1, -0.05) is 0 Å². The van der Waals surface area contributed by atoms with Crippen molar-refractivity contribution < 1.29 is 8.78 Å². The Morgan fingerprint density at radius 1 is 1.15 bits per heavy atom. The predicted molar refractivity (Wildman–Crippen MR) is 120 cm³/mol. The van der Waals surface area contributed by atoms with Crippen LogP contribution >= 0.6 is 0 Å². The largest absolute Gasteiger partial charge is 0.362 e. The van der Waals surface area contributed by atoms with E-state index in [0.717, 1.165) is 54.3 Å². The maximum absolute atomic E-state index is 15.2. The molecule has 1 fully saturated rings. The van der Waals surface area contributed by atoms with Crippen LogP contribution in [0.3, 0.4) is 0 Å². The summed E-state index contributed by atoms with van der Waals surface area (Å²) in [5.74, 6) is -0.450. The van der Waals surface area contributed by atoms with E-state index in [4.69, 9.17) is 5.10 Å². The average molecular weight is 447 g/mol. The van der Waals surface area contributed by atoms with E-state index in [9.17, 15) is 9.65 Å². The topological polar surface area (TPSA) is 74.2 Å². The lowest BCUT2D eigenvalue weighted by Gasteiger charge is -2.34. The highest BCUT2D eigenvalue weighted by molar-refractivity contribution is 5.84. The highest BCUT2D eigenvalue weighted by Crippen LogP contribution is 2.36. The Balaban J connectivity index is 1.44. The molecular weight excluding hydrogens is 424 g/mol. The summed E-state index contributed by atoms with van der Waals surface area (Å²) < 4.78 is 33.2. The standard InChI is InChI=1S/C24H23F2N7/c1-14-12-31(22-3-2-16(10-27)33-24(22)20(26)11-29-33)13-23-18-8-19(25)17(9-21(18)30-32(14)23)15-4-6-28-7-5-15/h2-3,8-9,11,14-15,28H,4-7,12-13H2,1H3/t14-/m1/s1. The van der Waals surface area contributed by atoms with E-state index in [1.807, 2.05) is 10.7 Å². The van der Waals surface area contributed by atoms with Crippen molar-refractivity contribution in [2.45, 2.75) is 38.3 Å². The van der Waals surface area contributed by atoms with Gasteiger partial charge in [0.15, 0.2) is 5.82 Å². The molecule has 0 aliphatic carbocycles. The molecular formula is C24H23F2N7. The van der Waals surface area contributed by atoms with Crippen LogP contribution in [0, 0.1) is 23.0 Å². The molecule has 1 aromatic carbocycles. The molecule has 0 amide bonds. The van der Waals surface area contributed by atoms with Gasteiger partial charge in [-0.05, 0) is 68.6 Å². The number of nitrogens with zero attached hydrogens (tertiary/aromatic N) is 6. The minimum Gasteiger partial charge on any atom is -0.362 e. The third kappa shape index (κ3) is 3.09. The summed E-state index contributed by atoms with van der Waals surface area (Å²) in [6.45, 7) is 4.92. The molecule has 3 aromatic heterocycles. The number of aromatic nitrogens is 4. The van der Waals surface area contributed by atoms with E-state index in [2.05, 4.69) is 28.3 Å². The normalized spacial score (nSPS) is 19.2. The molecule has 9 heteroatoms. The molecule has 4 aromatic rings. The van der Waals surface area contributed by atoms with Gasteiger partial charge in [0, 0.05) is 11.9 Å². The van der Waals surface area contributed by atoms with Crippen molar-refractivity contribution in [3.63, 3.8) is 0 Å². The number of benzene rings is 1. The van der Waals surface area contributed by atoms with Crippen LogP contribution in [0.2, 0.25) is 0 Å². The molecule has 0 radical (unpaired) electrons. The first-order valence-corrected chi connectivity index (χ1v) is 11.3. The summed E-state index contributed by atoms with van der Waals surface area (Å²) >= 11 is 0. The van der Waals surface area contributed by atoms with Crippen LogP contribution in [0.5, 0.6) is 0 Å². The van der Waals surface area contributed by atoms with Crippen molar-refractivity contribution in [2.24, 2.45) is 0 Å². The summed E-state index contributed by atoms with van der Waals surface area (Å²) in [5.41, 5.74) is 3.65. The van der Waals surface area contributed by atoms with Gasteiger partial charge in [0.2, 0.25) is 0 Å². The van der Waals surface area contributed by atoms with E-state index < -0.39 is 5.82 Å². The maximum atomic E-state index is 15.2. The van der Waals surface area contributed by atoms with Gasteiger partial charge < -0.3 is 10.2 Å². The van der Waals surface area contributed by atoms with Crippen LogP contribution in [0.1, 0.15) is 48.7 Å². The van der Waals surface area contributed by atoms with Gasteiger partial charge in [-0.3, -0.25) is 4.68 Å². The van der Waals surface area contributed by atoms with Crippen molar-refractivity contribution in [3.8, 4) is 6.07 Å². The Kier molecular flexibility index (Phi) is 4.59. The van der Waals surface area contributed by atoms with E-state index in [1.165, 1.54) is 4.52 Å². The summed E-state index contributed by atoms with van der Waals surface area (Å²) in [5, 5.41) is 22.3. The number of nitriles is 1. The molecule has 0 spiro atoms. The zero-order valence-electron chi connectivity index (χ0n) is 18.2. The number of nitrogens with one attached hydrogen (secondary N) is 1. The molecule has 0 unspecified atom stereocenters. The van der Waals surface area contributed by atoms with Gasteiger partial charge in [-0.2, -0.15) is 15.5 Å². The number of piperidine rings is 1. The first-order chi connectivity index (χ1) is 16.0. The minimum atomic E-state index is -0.476. The number of halogens is 2. The van der Waals surface area contributed by atoms with Crippen LogP contribution in [0.4, 0.5) is 14.5 Å². The quantitative estimate of drug-likeness (QED) is 0.505. The lowest BCUT2D eigenvalue weighted by molar-refractivity contribution is 0.430. The van der Waals surface area contributed by atoms with E-state index in [-0.39, 0.29) is 29.0 Å². The molecule has 1 atom stereocenters. The zero-order valence-corrected chi connectivity index (χ0v) is 18.2. The van der Waals surface area contributed by atoms with Crippen LogP contribution in [0.15, 0.2) is 30.5 Å². The summed E-state index contributed by atoms with van der Waals surface area (Å²) in [6, 6.07) is 9.00. The Bertz CT molecular complexity index is 1420. The fraction of sp³-hybridized carbons (Fsp3) is 0.375. The molecule has 168 valence electrons. The Labute approximate surface area is 189 Å². The van der Waals surface area contributed by atoms with Crippen molar-refractivity contribution >= 4 is 22.1 Å². The molecule has 2 aliphatic rings. The van der Waals surface area contributed by atoms with Gasteiger partial charge in [-0.25, -0.2) is 13.3 Å². The molecule has 1 saturated heterocycles. The van der Waals surface area contributed by atoms with E-state index in [0.29, 0.717) is 18.8 Å². The molecule has 2 aliphatic heterocycles. The highest BCUT2D eigenvalue weighted by Gasteiger charge is 2.29. The number of pyridine rings is 1. The molecule has 33 heavy (non-hydrogen) atoms. The molecule has 0 bridgehead atoms. The van der Waals surface area contributed by atoms with Gasteiger partial charge in [0.1, 0.15) is 23.1 Å². The van der Waals surface area contributed by atoms with Crippen LogP contribution in [-0.4, -0.2) is 39.0 Å². The van der Waals surface area contributed by atoms with E-state index in [1.54, 1.807) is 18.2 Å². The molecule has 7 nitrogen and oxygen atoms in total. The van der Waals surface area contributed by atoms with Crippen molar-refractivity contribution in [1.82, 2.24) is 24.7 Å². The molecule has 6 rings (SSSR count). The van der Waals surface area contributed by atoms with Crippen LogP contribution in [0.25, 0.3) is 16.4 Å². The number of hydrogen-bond acceptors (Lipinski definition) is 5. The smallest absolute Gasteiger partial charge is 0.171 e. The maximum Gasteiger partial charge on any atom is 0.171 e. The first kappa shape index (κ1) is 20.1. The fourth-order valence-corrected chi connectivity index (χ4v) is 5.37. The molecule has 1 N–H and O–H groups in total. The van der Waals surface area contributed by atoms with Gasteiger partial charge in [0.25, 0.3) is 0 Å². The lowest BCUT2D eigenvalue weighted by atomic mass is 9.89. The highest BCUT2D eigenvalue weighted by atomic mass is 19.1. The van der Waals surface area contributed by atoms with Crippen LogP contribution < -0.4 is 10.2 Å². The molecule has 5 heterocycles. The number of hydrogen-bond donors (Lipinski definition) is 1. The summed E-state index contributed by atoms with van der Waals surface area (Å²) in [7, 11) is 0. The first-order valence-electron chi connectivity index (χ1n) is 11.3. The van der Waals surface area contributed by atoms with Crippen molar-refractivity contribution in [3.05, 3.63) is 59.0 Å². The SMILES string of the molecule is C[C@@H]1CN(c2ccc(C#N)n3ncc(F)c23)Cc2c3cc(F)c(C4CCNCC4)cc3nn21. The summed E-state index contributed by atoms with van der Waals surface area (Å²) in [4.78, 5) is 2.06. The van der Waals surface area contributed by atoms with Crippen LogP contribution in [-0.2, 0) is 6.54 Å². The number of rotatable bonds is 2. The van der Waals surface area contributed by atoms with Crippen molar-refractivity contribution in [1.29, 1.82) is 5.26 Å². The van der Waals surface area contributed by atoms with Crippen molar-refractivity contribution in [2.75, 3.05) is 24.5 Å². The minimum absolute atomic E-state index is 0.00761. The monoisotopic (exact) mass is 447 g/mol. The lowest BCUT2D eigenvalue weighted by Crippen LogP contribution is -2.36. The Morgan fingerprint density at radius 3 is 2.76 bits per heavy atom. The second-order valence-electron chi connectivity index (χ2n) is 9.00.